The predicted octanol–water partition coefficient (Wildman–Crippen LogP) is 1.64. The summed E-state index contributed by atoms with van der Waals surface area (Å²) in [7, 11) is 1.35. The number of aromatic nitrogens is 3. The molecule has 7 heteroatoms. The van der Waals surface area contributed by atoms with Gasteiger partial charge in [-0.1, -0.05) is 11.3 Å². The zero-order chi connectivity index (χ0) is 13.0. The molecular formula is C11H12N4O2S. The molecule has 2 heterocycles. The molecule has 2 rings (SSSR count). The van der Waals surface area contributed by atoms with Gasteiger partial charge in [-0.05, 0) is 13.0 Å². The molecule has 0 aliphatic heterocycles. The van der Waals surface area contributed by atoms with E-state index < -0.39 is 0 Å². The van der Waals surface area contributed by atoms with Gasteiger partial charge in [0.05, 0.1) is 25.5 Å². The van der Waals surface area contributed by atoms with Gasteiger partial charge >= 0.3 is 5.97 Å². The minimum atomic E-state index is -0.376. The summed E-state index contributed by atoms with van der Waals surface area (Å²) < 4.78 is 4.61. The molecule has 0 aromatic carbocycles. The van der Waals surface area contributed by atoms with E-state index in [4.69, 9.17) is 0 Å². The van der Waals surface area contributed by atoms with Crippen LogP contribution in [0.2, 0.25) is 0 Å². The molecule has 0 unspecified atom stereocenters. The Morgan fingerprint density at radius 2 is 2.33 bits per heavy atom. The van der Waals surface area contributed by atoms with Crippen LogP contribution in [0, 0.1) is 6.92 Å². The second-order valence-corrected chi connectivity index (χ2v) is 4.50. The Kier molecular flexibility index (Phi) is 3.83. The highest BCUT2D eigenvalue weighted by Gasteiger charge is 2.10. The number of rotatable bonds is 4. The highest BCUT2D eigenvalue weighted by Crippen LogP contribution is 2.19. The molecule has 2 aromatic heterocycles. The van der Waals surface area contributed by atoms with Crippen molar-refractivity contribution in [2.45, 2.75) is 13.5 Å². The van der Waals surface area contributed by atoms with E-state index in [0.717, 1.165) is 11.5 Å². The van der Waals surface area contributed by atoms with E-state index >= 15 is 0 Å². The molecule has 0 atom stereocenters. The van der Waals surface area contributed by atoms with Crippen LogP contribution in [0.1, 0.15) is 21.2 Å². The number of aryl methyl sites for hydroxylation is 1. The minimum absolute atomic E-state index is 0.376. The molecule has 0 saturated carbocycles. The van der Waals surface area contributed by atoms with Gasteiger partial charge in [0, 0.05) is 6.20 Å². The van der Waals surface area contributed by atoms with E-state index in [-0.39, 0.29) is 5.97 Å². The predicted molar refractivity (Wildman–Crippen MR) is 67.5 cm³/mol. The molecule has 0 saturated heterocycles. The Hall–Kier alpha value is -2.02. The third kappa shape index (κ3) is 3.01. The average Bonchev–Trinajstić information content (AvgIpc) is 2.84. The lowest BCUT2D eigenvalue weighted by molar-refractivity contribution is 0.0606. The zero-order valence-electron chi connectivity index (χ0n) is 10.0. The van der Waals surface area contributed by atoms with Crippen LogP contribution in [-0.2, 0) is 11.3 Å². The molecule has 0 amide bonds. The van der Waals surface area contributed by atoms with Crippen molar-refractivity contribution in [2.24, 2.45) is 0 Å². The van der Waals surface area contributed by atoms with E-state index in [2.05, 4.69) is 25.0 Å². The average molecular weight is 264 g/mol. The van der Waals surface area contributed by atoms with Crippen molar-refractivity contribution >= 4 is 22.4 Å². The second kappa shape index (κ2) is 5.54. The van der Waals surface area contributed by atoms with Gasteiger partial charge in [-0.3, -0.25) is 0 Å². The Bertz CT molecular complexity index is 555. The SMILES string of the molecule is COC(=O)c1cnc(NCc2ccnc(C)n2)s1. The van der Waals surface area contributed by atoms with Crippen LogP contribution in [0.3, 0.4) is 0 Å². The topological polar surface area (TPSA) is 77.0 Å². The summed E-state index contributed by atoms with van der Waals surface area (Å²) in [5, 5.41) is 3.76. The number of esters is 1. The number of anilines is 1. The highest BCUT2D eigenvalue weighted by atomic mass is 32.1. The molecule has 0 aliphatic rings. The minimum Gasteiger partial charge on any atom is -0.465 e. The van der Waals surface area contributed by atoms with E-state index in [9.17, 15) is 4.79 Å². The van der Waals surface area contributed by atoms with Gasteiger partial charge < -0.3 is 10.1 Å². The third-order valence-corrected chi connectivity index (χ3v) is 3.08. The lowest BCUT2D eigenvalue weighted by atomic mass is 10.4. The normalized spacial score (nSPS) is 10.1. The third-order valence-electron chi connectivity index (χ3n) is 2.15. The fraction of sp³-hybridized carbons (Fsp3) is 0.273. The van der Waals surface area contributed by atoms with Crippen molar-refractivity contribution < 1.29 is 9.53 Å². The number of ether oxygens (including phenoxy) is 1. The van der Waals surface area contributed by atoms with E-state index in [1.807, 2.05) is 13.0 Å². The van der Waals surface area contributed by atoms with E-state index in [1.54, 1.807) is 6.20 Å². The maximum absolute atomic E-state index is 11.2. The van der Waals surface area contributed by atoms with Crippen LogP contribution in [-0.4, -0.2) is 28.0 Å². The number of carbonyl (C=O) groups is 1. The molecule has 0 spiro atoms. The van der Waals surface area contributed by atoms with Crippen LogP contribution in [0.15, 0.2) is 18.5 Å². The van der Waals surface area contributed by atoms with Gasteiger partial charge in [-0.25, -0.2) is 19.7 Å². The molecule has 0 aliphatic carbocycles. The number of nitrogens with one attached hydrogen (secondary N) is 1. The Balaban J connectivity index is 1.98. The van der Waals surface area contributed by atoms with Crippen molar-refractivity contribution in [3.05, 3.63) is 34.9 Å². The van der Waals surface area contributed by atoms with Crippen LogP contribution in [0.25, 0.3) is 0 Å². The standard InChI is InChI=1S/C11H12N4O2S/c1-7-12-4-3-8(15-7)5-13-11-14-6-9(18-11)10(16)17-2/h3-4,6H,5H2,1-2H3,(H,13,14). The van der Waals surface area contributed by atoms with Crippen LogP contribution >= 0.6 is 11.3 Å². The van der Waals surface area contributed by atoms with Crippen molar-refractivity contribution in [2.75, 3.05) is 12.4 Å². The number of carbonyl (C=O) groups excluding carboxylic acids is 1. The fourth-order valence-electron chi connectivity index (χ4n) is 1.32. The molecule has 6 nitrogen and oxygen atoms in total. The van der Waals surface area contributed by atoms with Crippen molar-refractivity contribution in [3.8, 4) is 0 Å². The first-order valence-corrected chi connectivity index (χ1v) is 6.07. The lowest BCUT2D eigenvalue weighted by Crippen LogP contribution is -2.02. The maximum atomic E-state index is 11.2. The van der Waals surface area contributed by atoms with Crippen molar-refractivity contribution in [1.82, 2.24) is 15.0 Å². The van der Waals surface area contributed by atoms with Gasteiger partial charge in [-0.2, -0.15) is 0 Å². The summed E-state index contributed by atoms with van der Waals surface area (Å²) >= 11 is 1.25. The number of nitrogens with zero attached hydrogens (tertiary/aromatic N) is 3. The molecule has 94 valence electrons. The van der Waals surface area contributed by atoms with Crippen molar-refractivity contribution in [3.63, 3.8) is 0 Å². The van der Waals surface area contributed by atoms with Gasteiger partial charge in [0.2, 0.25) is 0 Å². The molecular weight excluding hydrogens is 252 g/mol. The molecule has 0 bridgehead atoms. The van der Waals surface area contributed by atoms with Gasteiger partial charge in [0.25, 0.3) is 0 Å². The lowest BCUT2D eigenvalue weighted by Gasteiger charge is -2.02. The van der Waals surface area contributed by atoms with E-state index in [0.29, 0.717) is 16.6 Å². The highest BCUT2D eigenvalue weighted by molar-refractivity contribution is 7.17. The first kappa shape index (κ1) is 12.4. The number of hydrogen-bond acceptors (Lipinski definition) is 7. The molecule has 0 fully saturated rings. The Morgan fingerprint density at radius 1 is 1.50 bits per heavy atom. The number of thiazole rings is 1. The molecule has 18 heavy (non-hydrogen) atoms. The fourth-order valence-corrected chi connectivity index (χ4v) is 2.05. The van der Waals surface area contributed by atoms with Gasteiger partial charge in [0.1, 0.15) is 10.7 Å². The number of methoxy groups -OCH3 is 1. The summed E-state index contributed by atoms with van der Waals surface area (Å²) in [6, 6.07) is 1.83. The largest absolute Gasteiger partial charge is 0.465 e. The Morgan fingerprint density at radius 3 is 3.06 bits per heavy atom. The monoisotopic (exact) mass is 264 g/mol. The van der Waals surface area contributed by atoms with Crippen LogP contribution in [0.4, 0.5) is 5.13 Å². The van der Waals surface area contributed by atoms with Gasteiger partial charge in [0.15, 0.2) is 5.13 Å². The molecule has 0 radical (unpaired) electrons. The summed E-state index contributed by atoms with van der Waals surface area (Å²) in [4.78, 5) is 24.1. The quantitative estimate of drug-likeness (QED) is 0.846. The smallest absolute Gasteiger partial charge is 0.349 e. The maximum Gasteiger partial charge on any atom is 0.349 e. The molecule has 1 N–H and O–H groups in total. The Labute approximate surface area is 108 Å². The summed E-state index contributed by atoms with van der Waals surface area (Å²) in [6.45, 7) is 2.37. The molecule has 2 aromatic rings. The van der Waals surface area contributed by atoms with Crippen LogP contribution in [0.5, 0.6) is 0 Å². The van der Waals surface area contributed by atoms with Crippen LogP contribution < -0.4 is 5.32 Å². The number of hydrogen-bond donors (Lipinski definition) is 1. The van der Waals surface area contributed by atoms with E-state index in [1.165, 1.54) is 24.6 Å². The second-order valence-electron chi connectivity index (χ2n) is 3.47. The summed E-state index contributed by atoms with van der Waals surface area (Å²) in [5.74, 6) is 0.349. The first-order chi connectivity index (χ1) is 8.69. The van der Waals surface area contributed by atoms with Gasteiger partial charge in [-0.15, -0.1) is 0 Å². The first-order valence-electron chi connectivity index (χ1n) is 5.25. The van der Waals surface area contributed by atoms with Crippen molar-refractivity contribution in [1.29, 1.82) is 0 Å². The summed E-state index contributed by atoms with van der Waals surface area (Å²) in [5.41, 5.74) is 0.873. The summed E-state index contributed by atoms with van der Waals surface area (Å²) in [6.07, 6.45) is 3.20. The zero-order valence-corrected chi connectivity index (χ0v) is 10.8.